The number of rotatable bonds is 5. The summed E-state index contributed by atoms with van der Waals surface area (Å²) < 4.78 is 8.64. The Labute approximate surface area is 160 Å². The van der Waals surface area contributed by atoms with Crippen LogP contribution in [0.2, 0.25) is 5.02 Å². The van der Waals surface area contributed by atoms with E-state index in [4.69, 9.17) is 21.6 Å². The minimum atomic E-state index is -0.438. The molecule has 0 aliphatic carbocycles. The van der Waals surface area contributed by atoms with Crippen LogP contribution < -0.4 is 10.1 Å². The Kier molecular flexibility index (Phi) is 5.14. The molecule has 1 amide bonds. The lowest BCUT2D eigenvalue weighted by molar-refractivity contribution is 0.101. The summed E-state index contributed by atoms with van der Waals surface area (Å²) >= 11 is 6.15. The number of hydrogen-bond donors (Lipinski definition) is 1. The summed E-state index contributed by atoms with van der Waals surface area (Å²) in [5.41, 5.74) is 2.34. The molecule has 1 N–H and O–H groups in total. The van der Waals surface area contributed by atoms with Gasteiger partial charge in [0.15, 0.2) is 12.4 Å². The molecule has 0 saturated heterocycles. The molecule has 2 heterocycles. The Morgan fingerprint density at radius 3 is 2.74 bits per heavy atom. The van der Waals surface area contributed by atoms with Crippen LogP contribution in [0.15, 0.2) is 30.6 Å². The summed E-state index contributed by atoms with van der Waals surface area (Å²) in [6, 6.07) is 7.24. The quantitative estimate of drug-likeness (QED) is 0.729. The van der Waals surface area contributed by atoms with Gasteiger partial charge in [0.05, 0.1) is 6.20 Å². The van der Waals surface area contributed by atoms with Crippen molar-refractivity contribution in [2.24, 2.45) is 7.05 Å². The first-order valence-corrected chi connectivity index (χ1v) is 8.43. The first kappa shape index (κ1) is 18.5. The molecule has 3 rings (SSSR count). The third-order valence-corrected chi connectivity index (χ3v) is 4.53. The van der Waals surface area contributed by atoms with Crippen molar-refractivity contribution < 1.29 is 9.53 Å². The SMILES string of the molecule is Cc1cc(OCn2ccc(C(=O)Nc3c(C#N)cnn3C)n2)cc(C)c1Cl. The maximum atomic E-state index is 12.4. The molecule has 0 aliphatic heterocycles. The zero-order valence-electron chi connectivity index (χ0n) is 15.0. The van der Waals surface area contributed by atoms with Crippen LogP contribution in [0.1, 0.15) is 27.2 Å². The maximum Gasteiger partial charge on any atom is 0.277 e. The highest BCUT2D eigenvalue weighted by molar-refractivity contribution is 6.32. The summed E-state index contributed by atoms with van der Waals surface area (Å²) in [5.74, 6) is 0.553. The highest BCUT2D eigenvalue weighted by Crippen LogP contribution is 2.26. The lowest BCUT2D eigenvalue weighted by Crippen LogP contribution is -2.17. The van der Waals surface area contributed by atoms with Crippen molar-refractivity contribution in [2.45, 2.75) is 20.6 Å². The molecular formula is C18H17ClN6O2. The van der Waals surface area contributed by atoms with Gasteiger partial charge in [-0.05, 0) is 43.2 Å². The van der Waals surface area contributed by atoms with E-state index in [1.54, 1.807) is 19.3 Å². The van der Waals surface area contributed by atoms with Crippen LogP contribution >= 0.6 is 11.6 Å². The Hall–Kier alpha value is -3.31. The van der Waals surface area contributed by atoms with Crippen molar-refractivity contribution in [1.82, 2.24) is 19.6 Å². The number of carbonyl (C=O) groups excluding carboxylic acids is 1. The molecule has 0 unspecified atom stereocenters. The number of amides is 1. The number of anilines is 1. The predicted octanol–water partition coefficient (Wildman–Crippen LogP) is 3.05. The number of halogens is 1. The second kappa shape index (κ2) is 7.51. The van der Waals surface area contributed by atoms with Gasteiger partial charge in [-0.2, -0.15) is 15.5 Å². The zero-order valence-corrected chi connectivity index (χ0v) is 15.8. The second-order valence-electron chi connectivity index (χ2n) is 5.98. The lowest BCUT2D eigenvalue weighted by Gasteiger charge is -2.10. The van der Waals surface area contributed by atoms with Crippen molar-refractivity contribution in [1.29, 1.82) is 5.26 Å². The predicted molar refractivity (Wildman–Crippen MR) is 99.7 cm³/mol. The molecule has 0 spiro atoms. The number of nitriles is 1. The number of aromatic nitrogens is 4. The van der Waals surface area contributed by atoms with Crippen LogP contribution in [-0.4, -0.2) is 25.5 Å². The van der Waals surface area contributed by atoms with Crippen molar-refractivity contribution in [2.75, 3.05) is 5.32 Å². The maximum absolute atomic E-state index is 12.4. The van der Waals surface area contributed by atoms with Gasteiger partial charge >= 0.3 is 0 Å². The van der Waals surface area contributed by atoms with Gasteiger partial charge in [-0.25, -0.2) is 4.68 Å². The summed E-state index contributed by atoms with van der Waals surface area (Å²) in [6.45, 7) is 3.96. The third kappa shape index (κ3) is 3.93. The highest BCUT2D eigenvalue weighted by Gasteiger charge is 2.15. The molecule has 3 aromatic rings. The molecule has 0 saturated carbocycles. The standard InChI is InChI=1S/C18H17ClN6O2/c1-11-6-14(7-12(2)16(11)19)27-10-25-5-4-15(23-25)18(26)22-17-13(8-20)9-21-24(17)3/h4-7,9H,10H2,1-3H3,(H,22,26). The number of benzene rings is 1. The fraction of sp³-hybridized carbons (Fsp3) is 0.222. The molecule has 0 atom stereocenters. The van der Waals surface area contributed by atoms with E-state index in [1.165, 1.54) is 15.6 Å². The molecule has 27 heavy (non-hydrogen) atoms. The van der Waals surface area contributed by atoms with Crippen molar-refractivity contribution >= 4 is 23.3 Å². The van der Waals surface area contributed by atoms with Crippen molar-refractivity contribution in [3.05, 3.63) is 58.0 Å². The van der Waals surface area contributed by atoms with E-state index in [0.717, 1.165) is 11.1 Å². The molecule has 1 aromatic carbocycles. The molecule has 138 valence electrons. The molecule has 0 aliphatic rings. The molecule has 0 radical (unpaired) electrons. The number of nitrogens with one attached hydrogen (secondary N) is 1. The molecule has 9 heteroatoms. The number of carbonyl (C=O) groups is 1. The number of nitrogens with zero attached hydrogens (tertiary/aromatic N) is 5. The summed E-state index contributed by atoms with van der Waals surface area (Å²) in [5, 5.41) is 20.6. The van der Waals surface area contributed by atoms with E-state index in [1.807, 2.05) is 32.0 Å². The molecule has 0 bridgehead atoms. The first-order chi connectivity index (χ1) is 12.9. The normalized spacial score (nSPS) is 10.5. The molecule has 2 aromatic heterocycles. The van der Waals surface area contributed by atoms with Gasteiger partial charge in [0.2, 0.25) is 0 Å². The van der Waals surface area contributed by atoms with E-state index >= 15 is 0 Å². The molecule has 0 fully saturated rings. The lowest BCUT2D eigenvalue weighted by atomic mass is 10.1. The van der Waals surface area contributed by atoms with Gasteiger partial charge in [-0.3, -0.25) is 9.48 Å². The first-order valence-electron chi connectivity index (χ1n) is 8.05. The van der Waals surface area contributed by atoms with Crippen LogP contribution in [0.4, 0.5) is 5.82 Å². The van der Waals surface area contributed by atoms with Crippen LogP contribution in [0, 0.1) is 25.2 Å². The Balaban J connectivity index is 1.67. The average Bonchev–Trinajstić information content (AvgIpc) is 3.25. The molecular weight excluding hydrogens is 368 g/mol. The van der Waals surface area contributed by atoms with Crippen molar-refractivity contribution in [3.8, 4) is 11.8 Å². The Bertz CT molecular complexity index is 1020. The van der Waals surface area contributed by atoms with Gasteiger partial charge in [-0.1, -0.05) is 11.6 Å². The van der Waals surface area contributed by atoms with Crippen LogP contribution in [0.5, 0.6) is 5.75 Å². The summed E-state index contributed by atoms with van der Waals surface area (Å²) in [7, 11) is 1.64. The zero-order chi connectivity index (χ0) is 19.6. The highest BCUT2D eigenvalue weighted by atomic mass is 35.5. The van der Waals surface area contributed by atoms with Gasteiger partial charge in [-0.15, -0.1) is 0 Å². The van der Waals surface area contributed by atoms with Gasteiger partial charge < -0.3 is 10.1 Å². The Morgan fingerprint density at radius 2 is 2.07 bits per heavy atom. The minimum Gasteiger partial charge on any atom is -0.471 e. The second-order valence-corrected chi connectivity index (χ2v) is 6.36. The van der Waals surface area contributed by atoms with Crippen LogP contribution in [0.3, 0.4) is 0 Å². The van der Waals surface area contributed by atoms with Gasteiger partial charge in [0.25, 0.3) is 5.91 Å². The monoisotopic (exact) mass is 384 g/mol. The topological polar surface area (TPSA) is 97.8 Å². The van der Waals surface area contributed by atoms with Crippen LogP contribution in [0.25, 0.3) is 0 Å². The Morgan fingerprint density at radius 1 is 1.37 bits per heavy atom. The fourth-order valence-electron chi connectivity index (χ4n) is 2.52. The van der Waals surface area contributed by atoms with Gasteiger partial charge in [0.1, 0.15) is 23.2 Å². The van der Waals surface area contributed by atoms with Gasteiger partial charge in [0, 0.05) is 18.3 Å². The number of ether oxygens (including phenoxy) is 1. The van der Waals surface area contributed by atoms with Crippen LogP contribution in [-0.2, 0) is 13.8 Å². The largest absolute Gasteiger partial charge is 0.471 e. The number of aryl methyl sites for hydroxylation is 3. The number of hydrogen-bond acceptors (Lipinski definition) is 5. The smallest absolute Gasteiger partial charge is 0.277 e. The van der Waals surface area contributed by atoms with E-state index < -0.39 is 5.91 Å². The molecule has 8 nitrogen and oxygen atoms in total. The average molecular weight is 385 g/mol. The summed E-state index contributed by atoms with van der Waals surface area (Å²) in [6.07, 6.45) is 3.02. The van der Waals surface area contributed by atoms with E-state index in [-0.39, 0.29) is 18.0 Å². The third-order valence-electron chi connectivity index (χ3n) is 3.94. The fourth-order valence-corrected chi connectivity index (χ4v) is 2.63. The van der Waals surface area contributed by atoms with E-state index in [0.29, 0.717) is 16.6 Å². The minimum absolute atomic E-state index is 0.142. The van der Waals surface area contributed by atoms with E-state index in [2.05, 4.69) is 15.5 Å². The summed E-state index contributed by atoms with van der Waals surface area (Å²) in [4.78, 5) is 12.4. The van der Waals surface area contributed by atoms with E-state index in [9.17, 15) is 4.79 Å². The van der Waals surface area contributed by atoms with Crippen molar-refractivity contribution in [3.63, 3.8) is 0 Å².